The van der Waals surface area contributed by atoms with Gasteiger partial charge < -0.3 is 10.2 Å². The van der Waals surface area contributed by atoms with Gasteiger partial charge in [0, 0.05) is 20.3 Å². The van der Waals surface area contributed by atoms with Crippen molar-refractivity contribution in [1.29, 1.82) is 0 Å². The lowest BCUT2D eigenvalue weighted by molar-refractivity contribution is 0.102. The van der Waals surface area contributed by atoms with Crippen LogP contribution in [0.1, 0.15) is 10.4 Å². The number of benzene rings is 1. The fraction of sp³-hybridized carbons (Fsp3) is 0.143. The van der Waals surface area contributed by atoms with Crippen molar-refractivity contribution in [3.05, 3.63) is 53.2 Å². The van der Waals surface area contributed by atoms with Gasteiger partial charge in [-0.25, -0.2) is 4.98 Å². The summed E-state index contributed by atoms with van der Waals surface area (Å²) in [6, 6.07) is 10.6. The first-order valence-electron chi connectivity index (χ1n) is 5.77. The number of anilines is 2. The normalized spacial score (nSPS) is 10.1. The second kappa shape index (κ2) is 5.71. The van der Waals surface area contributed by atoms with E-state index in [0.29, 0.717) is 16.3 Å². The third-order valence-corrected chi connectivity index (χ3v) is 2.92. The zero-order valence-electron chi connectivity index (χ0n) is 10.7. The number of halogens is 1. The summed E-state index contributed by atoms with van der Waals surface area (Å²) in [5.74, 6) is 0.570. The summed E-state index contributed by atoms with van der Waals surface area (Å²) in [5, 5.41) is 3.26. The second-order valence-electron chi connectivity index (χ2n) is 4.23. The molecule has 19 heavy (non-hydrogen) atoms. The molecule has 2 aromatic rings. The molecular weight excluding hydrogens is 262 g/mol. The van der Waals surface area contributed by atoms with Crippen LogP contribution >= 0.6 is 11.6 Å². The summed E-state index contributed by atoms with van der Waals surface area (Å²) in [4.78, 5) is 18.1. The van der Waals surface area contributed by atoms with E-state index >= 15 is 0 Å². The summed E-state index contributed by atoms with van der Waals surface area (Å²) in [5.41, 5.74) is 1.08. The maximum absolute atomic E-state index is 12.0. The minimum absolute atomic E-state index is 0.231. The Morgan fingerprint density at radius 1 is 1.21 bits per heavy atom. The number of carbonyl (C=O) groups excluding carboxylic acids is 1. The smallest absolute Gasteiger partial charge is 0.257 e. The Balaban J connectivity index is 2.14. The number of rotatable bonds is 3. The second-order valence-corrected chi connectivity index (χ2v) is 4.64. The average Bonchev–Trinajstić information content (AvgIpc) is 2.41. The molecule has 0 unspecified atom stereocenters. The lowest BCUT2D eigenvalue weighted by atomic mass is 10.2. The Kier molecular flexibility index (Phi) is 4.02. The molecule has 5 heteroatoms. The molecule has 0 atom stereocenters. The van der Waals surface area contributed by atoms with E-state index in [1.54, 1.807) is 30.5 Å². The van der Waals surface area contributed by atoms with Crippen molar-refractivity contribution < 1.29 is 4.79 Å². The predicted octanol–water partition coefficient (Wildman–Crippen LogP) is 3.05. The summed E-state index contributed by atoms with van der Waals surface area (Å²) in [6.07, 6.45) is 1.54. The highest BCUT2D eigenvalue weighted by molar-refractivity contribution is 6.33. The Bertz CT molecular complexity index is 581. The van der Waals surface area contributed by atoms with E-state index in [0.717, 1.165) is 5.82 Å². The Hall–Kier alpha value is -2.07. The Morgan fingerprint density at radius 3 is 2.53 bits per heavy atom. The van der Waals surface area contributed by atoms with Gasteiger partial charge in [0.15, 0.2) is 0 Å². The standard InChI is InChI=1S/C14H14ClN3O/c1-18(2)13-8-7-10(9-16-13)14(19)17-12-6-4-3-5-11(12)15/h3-9H,1-2H3,(H,17,19). The monoisotopic (exact) mass is 275 g/mol. The van der Waals surface area contributed by atoms with Crippen LogP contribution < -0.4 is 10.2 Å². The molecule has 0 saturated heterocycles. The molecule has 0 fully saturated rings. The summed E-state index contributed by atoms with van der Waals surface area (Å²) in [6.45, 7) is 0. The number of pyridine rings is 1. The van der Waals surface area contributed by atoms with Gasteiger partial charge in [-0.1, -0.05) is 23.7 Å². The molecule has 0 radical (unpaired) electrons. The third-order valence-electron chi connectivity index (χ3n) is 2.59. The van der Waals surface area contributed by atoms with Gasteiger partial charge in [0.2, 0.25) is 0 Å². The molecule has 0 saturated carbocycles. The van der Waals surface area contributed by atoms with Crippen molar-refractivity contribution >= 4 is 29.0 Å². The summed E-state index contributed by atoms with van der Waals surface area (Å²) in [7, 11) is 3.79. The average molecular weight is 276 g/mol. The molecule has 98 valence electrons. The van der Waals surface area contributed by atoms with Gasteiger partial charge >= 0.3 is 0 Å². The van der Waals surface area contributed by atoms with Gasteiger partial charge in [0.25, 0.3) is 5.91 Å². The molecular formula is C14H14ClN3O. The van der Waals surface area contributed by atoms with Gasteiger partial charge in [-0.15, -0.1) is 0 Å². The van der Waals surface area contributed by atoms with E-state index in [2.05, 4.69) is 10.3 Å². The first-order chi connectivity index (χ1) is 9.08. The number of nitrogens with one attached hydrogen (secondary N) is 1. The molecule has 0 spiro atoms. The molecule has 1 aromatic carbocycles. The van der Waals surface area contributed by atoms with Crippen molar-refractivity contribution in [2.75, 3.05) is 24.3 Å². The maximum Gasteiger partial charge on any atom is 0.257 e. The fourth-order valence-corrected chi connectivity index (χ4v) is 1.72. The van der Waals surface area contributed by atoms with Crippen molar-refractivity contribution in [2.45, 2.75) is 0 Å². The van der Waals surface area contributed by atoms with E-state index in [4.69, 9.17) is 11.6 Å². The highest BCUT2D eigenvalue weighted by atomic mass is 35.5. The predicted molar refractivity (Wildman–Crippen MR) is 78.0 cm³/mol. The number of hydrogen-bond donors (Lipinski definition) is 1. The van der Waals surface area contributed by atoms with E-state index < -0.39 is 0 Å². The molecule has 1 aromatic heterocycles. The third kappa shape index (κ3) is 3.23. The van der Waals surface area contributed by atoms with E-state index in [9.17, 15) is 4.79 Å². The molecule has 1 heterocycles. The minimum atomic E-state index is -0.231. The van der Waals surface area contributed by atoms with Crippen LogP contribution in [-0.4, -0.2) is 25.0 Å². The van der Waals surface area contributed by atoms with Crippen LogP contribution in [0.25, 0.3) is 0 Å². The maximum atomic E-state index is 12.0. The topological polar surface area (TPSA) is 45.2 Å². The number of aromatic nitrogens is 1. The molecule has 1 N–H and O–H groups in total. The van der Waals surface area contributed by atoms with Crippen molar-refractivity contribution in [3.8, 4) is 0 Å². The van der Waals surface area contributed by atoms with Crippen LogP contribution in [0.2, 0.25) is 5.02 Å². The molecule has 0 bridgehead atoms. The zero-order chi connectivity index (χ0) is 13.8. The molecule has 2 rings (SSSR count). The number of carbonyl (C=O) groups is 1. The van der Waals surface area contributed by atoms with Crippen molar-refractivity contribution in [1.82, 2.24) is 4.98 Å². The molecule has 1 amide bonds. The van der Waals surface area contributed by atoms with Gasteiger partial charge in [-0.3, -0.25) is 4.79 Å². The lowest BCUT2D eigenvalue weighted by Gasteiger charge is -2.11. The summed E-state index contributed by atoms with van der Waals surface area (Å²) < 4.78 is 0. The molecule has 0 aliphatic carbocycles. The minimum Gasteiger partial charge on any atom is -0.363 e. The van der Waals surface area contributed by atoms with Gasteiger partial charge in [-0.2, -0.15) is 0 Å². The van der Waals surface area contributed by atoms with Gasteiger partial charge in [-0.05, 0) is 24.3 Å². The Morgan fingerprint density at radius 2 is 1.95 bits per heavy atom. The van der Waals surface area contributed by atoms with Crippen molar-refractivity contribution in [2.24, 2.45) is 0 Å². The highest BCUT2D eigenvalue weighted by Gasteiger charge is 2.08. The van der Waals surface area contributed by atoms with Crippen LogP contribution in [0.3, 0.4) is 0 Å². The van der Waals surface area contributed by atoms with Gasteiger partial charge in [0.05, 0.1) is 16.3 Å². The lowest BCUT2D eigenvalue weighted by Crippen LogP contribution is -2.14. The number of hydrogen-bond acceptors (Lipinski definition) is 3. The first-order valence-corrected chi connectivity index (χ1v) is 6.15. The van der Waals surface area contributed by atoms with E-state index in [1.807, 2.05) is 31.1 Å². The first kappa shape index (κ1) is 13.4. The number of para-hydroxylation sites is 1. The molecule has 0 aliphatic rings. The zero-order valence-corrected chi connectivity index (χ0v) is 11.5. The van der Waals surface area contributed by atoms with E-state index in [1.165, 1.54) is 0 Å². The van der Waals surface area contributed by atoms with Crippen LogP contribution in [0.4, 0.5) is 11.5 Å². The molecule has 0 aliphatic heterocycles. The number of nitrogens with zero attached hydrogens (tertiary/aromatic N) is 2. The summed E-state index contributed by atoms with van der Waals surface area (Å²) >= 11 is 5.99. The highest BCUT2D eigenvalue weighted by Crippen LogP contribution is 2.21. The van der Waals surface area contributed by atoms with Crippen LogP contribution in [0, 0.1) is 0 Å². The quantitative estimate of drug-likeness (QED) is 0.936. The van der Waals surface area contributed by atoms with Crippen LogP contribution in [0.5, 0.6) is 0 Å². The molecule has 4 nitrogen and oxygen atoms in total. The fourth-order valence-electron chi connectivity index (χ4n) is 1.54. The van der Waals surface area contributed by atoms with Crippen LogP contribution in [0.15, 0.2) is 42.6 Å². The largest absolute Gasteiger partial charge is 0.363 e. The van der Waals surface area contributed by atoms with E-state index in [-0.39, 0.29) is 5.91 Å². The van der Waals surface area contributed by atoms with Gasteiger partial charge in [0.1, 0.15) is 5.82 Å². The van der Waals surface area contributed by atoms with Crippen molar-refractivity contribution in [3.63, 3.8) is 0 Å². The van der Waals surface area contributed by atoms with Crippen LogP contribution in [-0.2, 0) is 0 Å². The number of amides is 1. The Labute approximate surface area is 117 Å². The SMILES string of the molecule is CN(C)c1ccc(C(=O)Nc2ccccc2Cl)cn1.